The number of fused-ring (bicyclic) bond motifs is 1. The predicted molar refractivity (Wildman–Crippen MR) is 152 cm³/mol. The molecule has 0 aliphatic heterocycles. The van der Waals surface area contributed by atoms with Crippen LogP contribution in [0.3, 0.4) is 0 Å². The van der Waals surface area contributed by atoms with Crippen LogP contribution in [0.25, 0.3) is 0 Å². The zero-order chi connectivity index (χ0) is 26.6. The van der Waals surface area contributed by atoms with Crippen LogP contribution in [0.15, 0.2) is 48.5 Å². The van der Waals surface area contributed by atoms with Crippen molar-refractivity contribution >= 4 is 11.9 Å². The normalized spacial score (nSPS) is 11.8. The minimum absolute atomic E-state index is 0.293. The van der Waals surface area contributed by atoms with Crippen molar-refractivity contribution in [2.45, 2.75) is 110 Å². The lowest BCUT2D eigenvalue weighted by Crippen LogP contribution is -2.15. The Hall–Kier alpha value is -2.62. The van der Waals surface area contributed by atoms with Crippen LogP contribution in [0, 0.1) is 0 Å². The Labute approximate surface area is 225 Å². The third-order valence-electron chi connectivity index (χ3n) is 6.84. The third kappa shape index (κ3) is 12.5. The van der Waals surface area contributed by atoms with Crippen molar-refractivity contribution in [2.75, 3.05) is 13.2 Å². The molecule has 0 amide bonds. The monoisotopic (exact) mass is 508 g/mol. The minimum atomic E-state index is -0.444. The van der Waals surface area contributed by atoms with Gasteiger partial charge in [-0.05, 0) is 55.4 Å². The van der Waals surface area contributed by atoms with Crippen LogP contribution >= 0.6 is 0 Å². The maximum Gasteiger partial charge on any atom is 0.339 e. The lowest BCUT2D eigenvalue weighted by Gasteiger charge is -2.10. The highest BCUT2D eigenvalue weighted by molar-refractivity contribution is 6.03. The van der Waals surface area contributed by atoms with Crippen LogP contribution in [0.5, 0.6) is 0 Å². The molecule has 0 unspecified atom stereocenters. The Balaban J connectivity index is 0.000000439. The van der Waals surface area contributed by atoms with Gasteiger partial charge in [0.2, 0.25) is 0 Å². The van der Waals surface area contributed by atoms with E-state index in [0.29, 0.717) is 24.3 Å². The predicted octanol–water partition coefficient (Wildman–Crippen LogP) is 8.90. The first-order valence-electron chi connectivity index (χ1n) is 14.7. The second kappa shape index (κ2) is 19.5. The smallest absolute Gasteiger partial charge is 0.339 e. The number of aryl methyl sites for hydroxylation is 2. The Kier molecular flexibility index (Phi) is 16.1. The maximum absolute atomic E-state index is 12.4. The van der Waals surface area contributed by atoms with Crippen molar-refractivity contribution in [1.29, 1.82) is 0 Å². The van der Waals surface area contributed by atoms with Gasteiger partial charge in [0.1, 0.15) is 0 Å². The number of hydrogen-bond donors (Lipinski definition) is 0. The lowest BCUT2D eigenvalue weighted by atomic mass is 10.1. The molecular weight excluding hydrogens is 460 g/mol. The van der Waals surface area contributed by atoms with Gasteiger partial charge in [0.15, 0.2) is 0 Å². The molecule has 0 aromatic heterocycles. The number of rotatable bonds is 16. The lowest BCUT2D eigenvalue weighted by molar-refractivity contribution is 0.0450. The highest BCUT2D eigenvalue weighted by Gasteiger charge is 2.18. The molecule has 0 spiro atoms. The SMILES string of the molecule is CCCCCCCCOC(=O)c1ccccc1C(=O)OCCCCCCCC.c1ccc2c(c1)CCC2. The van der Waals surface area contributed by atoms with Crippen LogP contribution in [-0.2, 0) is 22.3 Å². The van der Waals surface area contributed by atoms with Gasteiger partial charge in [0.25, 0.3) is 0 Å². The maximum atomic E-state index is 12.4. The summed E-state index contributed by atoms with van der Waals surface area (Å²) in [6.07, 6.45) is 17.6. The standard InChI is InChI=1S/C24H38O4.C9H10/c1-3-5-7-9-11-15-19-27-23(25)21-17-13-14-18-22(21)24(26)28-20-16-12-10-8-6-4-2;1-2-5-9-7-3-6-8(9)4-1/h13-14,17-18H,3-12,15-16,19-20H2,1-2H3;1-2,4-5H,3,6-7H2. The molecule has 1 aliphatic carbocycles. The average molecular weight is 509 g/mol. The average Bonchev–Trinajstić information content (AvgIpc) is 3.41. The van der Waals surface area contributed by atoms with Crippen molar-refractivity contribution in [3.05, 3.63) is 70.8 Å². The number of esters is 2. The number of unbranched alkanes of at least 4 members (excludes halogenated alkanes) is 10. The van der Waals surface area contributed by atoms with Gasteiger partial charge < -0.3 is 9.47 Å². The first-order valence-corrected chi connectivity index (χ1v) is 14.7. The van der Waals surface area contributed by atoms with E-state index in [1.165, 1.54) is 70.6 Å². The molecule has 0 atom stereocenters. The molecule has 0 saturated heterocycles. The van der Waals surface area contributed by atoms with Crippen molar-refractivity contribution in [3.63, 3.8) is 0 Å². The second-order valence-corrected chi connectivity index (χ2v) is 9.98. The van der Waals surface area contributed by atoms with Gasteiger partial charge >= 0.3 is 11.9 Å². The first kappa shape index (κ1) is 30.6. The highest BCUT2D eigenvalue weighted by Crippen LogP contribution is 2.20. The molecule has 0 N–H and O–H groups in total. The summed E-state index contributed by atoms with van der Waals surface area (Å²) in [7, 11) is 0. The van der Waals surface area contributed by atoms with E-state index in [-0.39, 0.29) is 0 Å². The summed E-state index contributed by atoms with van der Waals surface area (Å²) in [5.41, 5.74) is 3.72. The largest absolute Gasteiger partial charge is 0.462 e. The fraction of sp³-hybridized carbons (Fsp3) is 0.576. The number of ether oxygens (including phenoxy) is 2. The number of carbonyl (C=O) groups excluding carboxylic acids is 2. The molecular formula is C33H48O4. The number of benzene rings is 2. The zero-order valence-electron chi connectivity index (χ0n) is 23.3. The Morgan fingerprint density at radius 2 is 0.946 bits per heavy atom. The van der Waals surface area contributed by atoms with E-state index in [9.17, 15) is 9.59 Å². The summed E-state index contributed by atoms with van der Waals surface area (Å²) in [6, 6.07) is 15.5. The molecule has 0 radical (unpaired) electrons. The molecule has 204 valence electrons. The minimum Gasteiger partial charge on any atom is -0.462 e. The molecule has 1 aliphatic rings. The van der Waals surface area contributed by atoms with E-state index in [1.807, 2.05) is 0 Å². The van der Waals surface area contributed by atoms with Gasteiger partial charge in [-0.1, -0.05) is 114 Å². The summed E-state index contributed by atoms with van der Waals surface area (Å²) in [4.78, 5) is 24.7. The molecule has 0 fully saturated rings. The fourth-order valence-electron chi connectivity index (χ4n) is 4.60. The van der Waals surface area contributed by atoms with Crippen molar-refractivity contribution < 1.29 is 19.1 Å². The van der Waals surface area contributed by atoms with Crippen molar-refractivity contribution in [2.24, 2.45) is 0 Å². The summed E-state index contributed by atoms with van der Waals surface area (Å²) >= 11 is 0. The summed E-state index contributed by atoms with van der Waals surface area (Å²) in [5.74, 6) is -0.888. The first-order chi connectivity index (χ1) is 18.2. The van der Waals surface area contributed by atoms with Gasteiger partial charge in [-0.15, -0.1) is 0 Å². The van der Waals surface area contributed by atoms with Gasteiger partial charge in [-0.3, -0.25) is 0 Å². The van der Waals surface area contributed by atoms with Crippen LogP contribution < -0.4 is 0 Å². The molecule has 2 aromatic carbocycles. The zero-order valence-corrected chi connectivity index (χ0v) is 23.3. The Morgan fingerprint density at radius 1 is 0.568 bits per heavy atom. The summed E-state index contributed by atoms with van der Waals surface area (Å²) in [5, 5.41) is 0. The quantitative estimate of drug-likeness (QED) is 0.168. The van der Waals surface area contributed by atoms with E-state index in [4.69, 9.17) is 9.47 Å². The summed E-state index contributed by atoms with van der Waals surface area (Å²) in [6.45, 7) is 5.17. The molecule has 4 heteroatoms. The topological polar surface area (TPSA) is 52.6 Å². The van der Waals surface area contributed by atoms with Gasteiger partial charge in [-0.25, -0.2) is 9.59 Å². The Morgan fingerprint density at radius 3 is 1.38 bits per heavy atom. The molecule has 4 nitrogen and oxygen atoms in total. The van der Waals surface area contributed by atoms with Crippen molar-refractivity contribution in [1.82, 2.24) is 0 Å². The van der Waals surface area contributed by atoms with E-state index in [1.54, 1.807) is 35.4 Å². The van der Waals surface area contributed by atoms with Crippen LogP contribution in [-0.4, -0.2) is 25.2 Å². The van der Waals surface area contributed by atoms with Crippen LogP contribution in [0.4, 0.5) is 0 Å². The number of hydrogen-bond acceptors (Lipinski definition) is 4. The fourth-order valence-corrected chi connectivity index (χ4v) is 4.60. The summed E-state index contributed by atoms with van der Waals surface area (Å²) < 4.78 is 10.7. The van der Waals surface area contributed by atoms with E-state index in [2.05, 4.69) is 38.1 Å². The molecule has 37 heavy (non-hydrogen) atoms. The second-order valence-electron chi connectivity index (χ2n) is 9.98. The van der Waals surface area contributed by atoms with Gasteiger partial charge in [0.05, 0.1) is 24.3 Å². The van der Waals surface area contributed by atoms with Gasteiger partial charge in [-0.2, -0.15) is 0 Å². The third-order valence-corrected chi connectivity index (χ3v) is 6.84. The van der Waals surface area contributed by atoms with E-state index < -0.39 is 11.9 Å². The van der Waals surface area contributed by atoms with E-state index >= 15 is 0 Å². The van der Waals surface area contributed by atoms with Crippen LogP contribution in [0.1, 0.15) is 129 Å². The highest BCUT2D eigenvalue weighted by atomic mass is 16.5. The van der Waals surface area contributed by atoms with Crippen molar-refractivity contribution in [3.8, 4) is 0 Å². The molecule has 3 rings (SSSR count). The molecule has 0 heterocycles. The van der Waals surface area contributed by atoms with Gasteiger partial charge in [0, 0.05) is 0 Å². The Bertz CT molecular complexity index is 833. The molecule has 0 saturated carbocycles. The molecule has 0 bridgehead atoms. The number of carbonyl (C=O) groups is 2. The molecule has 2 aromatic rings. The van der Waals surface area contributed by atoms with Crippen LogP contribution in [0.2, 0.25) is 0 Å². The van der Waals surface area contributed by atoms with E-state index in [0.717, 1.165) is 25.7 Å².